The number of thioether (sulfide) groups is 1. The molecule has 0 radical (unpaired) electrons. The zero-order valence-corrected chi connectivity index (χ0v) is 20.5. The maximum absolute atomic E-state index is 13.1. The minimum absolute atomic E-state index is 0.136. The Bertz CT molecular complexity index is 1260. The Balaban J connectivity index is 1.63. The summed E-state index contributed by atoms with van der Waals surface area (Å²) in [6, 6.07) is 26.4. The van der Waals surface area contributed by atoms with Crippen molar-refractivity contribution < 1.29 is 14.3 Å². The second-order valence-electron chi connectivity index (χ2n) is 7.95. The second kappa shape index (κ2) is 11.5. The summed E-state index contributed by atoms with van der Waals surface area (Å²) in [5.41, 5.74) is 4.61. The van der Waals surface area contributed by atoms with Gasteiger partial charge >= 0.3 is 5.97 Å². The third-order valence-corrected chi connectivity index (χ3v) is 6.22. The van der Waals surface area contributed by atoms with Crippen LogP contribution in [0.25, 0.3) is 5.70 Å². The van der Waals surface area contributed by atoms with Crippen molar-refractivity contribution in [3.63, 3.8) is 0 Å². The van der Waals surface area contributed by atoms with E-state index in [-0.39, 0.29) is 18.3 Å². The monoisotopic (exact) mass is 485 g/mol. The molecule has 0 aliphatic carbocycles. The first-order chi connectivity index (χ1) is 17.0. The summed E-state index contributed by atoms with van der Waals surface area (Å²) >= 11 is 1.29. The number of aryl methyl sites for hydroxylation is 1. The lowest BCUT2D eigenvalue weighted by Gasteiger charge is -2.27. The van der Waals surface area contributed by atoms with Gasteiger partial charge in [-0.2, -0.15) is 0 Å². The molecule has 1 aliphatic rings. The largest absolute Gasteiger partial charge is 0.463 e. The molecule has 3 aromatic carbocycles. The van der Waals surface area contributed by atoms with E-state index in [1.807, 2.05) is 91.9 Å². The lowest BCUT2D eigenvalue weighted by atomic mass is 9.94. The molecule has 0 saturated heterocycles. The summed E-state index contributed by atoms with van der Waals surface area (Å²) in [7, 11) is 0. The van der Waals surface area contributed by atoms with E-state index in [0.717, 1.165) is 22.4 Å². The second-order valence-corrected chi connectivity index (χ2v) is 8.92. The van der Waals surface area contributed by atoms with Crippen molar-refractivity contribution in [3.05, 3.63) is 107 Å². The summed E-state index contributed by atoms with van der Waals surface area (Å²) in [5.74, 6) is -0.390. The Morgan fingerprint density at radius 3 is 2.40 bits per heavy atom. The lowest BCUT2D eigenvalue weighted by Crippen LogP contribution is -2.31. The van der Waals surface area contributed by atoms with Crippen molar-refractivity contribution in [2.75, 3.05) is 17.7 Å². The number of hydrogen-bond donors (Lipinski definition) is 2. The van der Waals surface area contributed by atoms with Gasteiger partial charge in [0.2, 0.25) is 5.91 Å². The highest BCUT2D eigenvalue weighted by Crippen LogP contribution is 2.36. The van der Waals surface area contributed by atoms with Gasteiger partial charge in [-0.05, 0) is 42.7 Å². The maximum Gasteiger partial charge on any atom is 0.338 e. The first-order valence-electron chi connectivity index (χ1n) is 11.4. The smallest absolute Gasteiger partial charge is 0.338 e. The average Bonchev–Trinajstić information content (AvgIpc) is 2.88. The van der Waals surface area contributed by atoms with E-state index < -0.39 is 12.0 Å². The van der Waals surface area contributed by atoms with Gasteiger partial charge in [0.25, 0.3) is 0 Å². The van der Waals surface area contributed by atoms with Crippen LogP contribution in [0.3, 0.4) is 0 Å². The third-order valence-electron chi connectivity index (χ3n) is 5.34. The molecular formula is C28H27N3O3S. The molecule has 2 N–H and O–H groups in total. The van der Waals surface area contributed by atoms with Crippen LogP contribution in [0, 0.1) is 6.92 Å². The predicted molar refractivity (Wildman–Crippen MR) is 142 cm³/mol. The topological polar surface area (TPSA) is 79.8 Å². The van der Waals surface area contributed by atoms with Crippen LogP contribution in [0.5, 0.6) is 0 Å². The summed E-state index contributed by atoms with van der Waals surface area (Å²) in [4.78, 5) is 30.6. The van der Waals surface area contributed by atoms with Crippen LogP contribution in [0.4, 0.5) is 5.69 Å². The quantitative estimate of drug-likeness (QED) is 0.442. The van der Waals surface area contributed by atoms with Crippen LogP contribution in [-0.2, 0) is 14.3 Å². The van der Waals surface area contributed by atoms with Crippen molar-refractivity contribution in [2.24, 2.45) is 4.99 Å². The van der Waals surface area contributed by atoms with E-state index in [1.54, 1.807) is 6.92 Å². The van der Waals surface area contributed by atoms with Crippen LogP contribution in [0.15, 0.2) is 95.5 Å². The van der Waals surface area contributed by atoms with Gasteiger partial charge in [0.1, 0.15) is 6.04 Å². The number of carbonyl (C=O) groups is 2. The fourth-order valence-electron chi connectivity index (χ4n) is 3.78. The molecule has 1 atom stereocenters. The number of carbonyl (C=O) groups excluding carboxylic acids is 2. The van der Waals surface area contributed by atoms with Gasteiger partial charge in [0.05, 0.1) is 23.6 Å². The lowest BCUT2D eigenvalue weighted by molar-refractivity contribution is -0.138. The predicted octanol–water partition coefficient (Wildman–Crippen LogP) is 5.34. The number of ether oxygens (including phenoxy) is 1. The number of anilines is 1. The highest BCUT2D eigenvalue weighted by Gasteiger charge is 2.32. The Morgan fingerprint density at radius 1 is 1.00 bits per heavy atom. The highest BCUT2D eigenvalue weighted by atomic mass is 32.2. The Hall–Kier alpha value is -3.84. The van der Waals surface area contributed by atoms with E-state index in [9.17, 15) is 9.59 Å². The van der Waals surface area contributed by atoms with E-state index in [1.165, 1.54) is 11.8 Å². The minimum Gasteiger partial charge on any atom is -0.463 e. The molecule has 0 unspecified atom stereocenters. The summed E-state index contributed by atoms with van der Waals surface area (Å²) in [5, 5.41) is 6.78. The standard InChI is InChI=1S/C28H27N3O3S/c1-3-34-27(33)24-25(20-12-6-4-7-13-20)30-28(31-26(24)21-14-8-5-9-15-21)35-18-23(32)29-22-16-10-11-19(2)17-22/h4-17,25H,3,18H2,1-2H3,(H,29,32)(H,30,31)/t25-/m0/s1. The first kappa shape index (κ1) is 24.3. The number of nitrogens with zero attached hydrogens (tertiary/aromatic N) is 1. The molecule has 0 aromatic heterocycles. The van der Waals surface area contributed by atoms with E-state index in [4.69, 9.17) is 9.73 Å². The molecule has 1 amide bonds. The molecule has 1 heterocycles. The van der Waals surface area contributed by atoms with Crippen LogP contribution in [-0.4, -0.2) is 29.4 Å². The van der Waals surface area contributed by atoms with Crippen molar-refractivity contribution >= 4 is 40.2 Å². The molecule has 4 rings (SSSR count). The molecular weight excluding hydrogens is 458 g/mol. The number of aliphatic imine (C=N–C) groups is 1. The van der Waals surface area contributed by atoms with Crippen LogP contribution in [0.1, 0.15) is 29.7 Å². The van der Waals surface area contributed by atoms with Crippen molar-refractivity contribution in [1.82, 2.24) is 5.32 Å². The molecule has 0 spiro atoms. The number of benzene rings is 3. The minimum atomic E-state index is -0.561. The Labute approximate surface area is 209 Å². The fourth-order valence-corrected chi connectivity index (χ4v) is 4.48. The number of hydrogen-bond acceptors (Lipinski definition) is 6. The van der Waals surface area contributed by atoms with Gasteiger partial charge in [-0.15, -0.1) is 0 Å². The van der Waals surface area contributed by atoms with E-state index >= 15 is 0 Å². The zero-order valence-electron chi connectivity index (χ0n) is 19.7. The SMILES string of the molecule is CCOC(=O)C1=C(c2ccccc2)NC(SCC(=O)Nc2cccc(C)c2)=N[C@H]1c1ccccc1. The molecule has 35 heavy (non-hydrogen) atoms. The summed E-state index contributed by atoms with van der Waals surface area (Å²) < 4.78 is 5.42. The summed E-state index contributed by atoms with van der Waals surface area (Å²) in [6.07, 6.45) is 0. The zero-order chi connectivity index (χ0) is 24.6. The number of esters is 1. The van der Waals surface area contributed by atoms with Gasteiger partial charge in [0, 0.05) is 5.69 Å². The molecule has 7 heteroatoms. The van der Waals surface area contributed by atoms with E-state index in [2.05, 4.69) is 10.6 Å². The number of nitrogens with one attached hydrogen (secondary N) is 2. The Morgan fingerprint density at radius 2 is 1.71 bits per heavy atom. The highest BCUT2D eigenvalue weighted by molar-refractivity contribution is 8.14. The molecule has 178 valence electrons. The molecule has 3 aromatic rings. The fraction of sp³-hybridized carbons (Fsp3) is 0.179. The average molecular weight is 486 g/mol. The van der Waals surface area contributed by atoms with Gasteiger partial charge in [-0.25, -0.2) is 9.79 Å². The van der Waals surface area contributed by atoms with Crippen molar-refractivity contribution in [2.45, 2.75) is 19.9 Å². The number of amides is 1. The van der Waals surface area contributed by atoms with E-state index in [0.29, 0.717) is 16.4 Å². The van der Waals surface area contributed by atoms with Crippen molar-refractivity contribution in [3.8, 4) is 0 Å². The first-order valence-corrected chi connectivity index (χ1v) is 12.4. The Kier molecular flexibility index (Phi) is 8.00. The van der Waals surface area contributed by atoms with Crippen LogP contribution < -0.4 is 10.6 Å². The molecule has 0 bridgehead atoms. The van der Waals surface area contributed by atoms with Crippen molar-refractivity contribution in [1.29, 1.82) is 0 Å². The molecule has 0 saturated carbocycles. The van der Waals surface area contributed by atoms with Crippen LogP contribution >= 0.6 is 11.8 Å². The number of rotatable bonds is 7. The van der Waals surface area contributed by atoms with Gasteiger partial charge in [-0.1, -0.05) is 84.6 Å². The number of amidine groups is 1. The molecule has 6 nitrogen and oxygen atoms in total. The normalized spacial score (nSPS) is 15.1. The molecule has 1 aliphatic heterocycles. The van der Waals surface area contributed by atoms with Gasteiger partial charge in [0.15, 0.2) is 5.17 Å². The van der Waals surface area contributed by atoms with Gasteiger partial charge in [-0.3, -0.25) is 4.79 Å². The summed E-state index contributed by atoms with van der Waals surface area (Å²) in [6.45, 7) is 4.02. The van der Waals surface area contributed by atoms with Gasteiger partial charge < -0.3 is 15.4 Å². The maximum atomic E-state index is 13.1. The third kappa shape index (κ3) is 6.19. The molecule has 0 fully saturated rings. The van der Waals surface area contributed by atoms with Crippen LogP contribution in [0.2, 0.25) is 0 Å².